The van der Waals surface area contributed by atoms with E-state index in [1.165, 1.54) is 51.4 Å². The first-order valence-electron chi connectivity index (χ1n) is 12.2. The first-order chi connectivity index (χ1) is 12.2. The lowest BCUT2D eigenvalue weighted by molar-refractivity contribution is 0.0252. The van der Waals surface area contributed by atoms with Crippen LogP contribution in [0.1, 0.15) is 134 Å². The van der Waals surface area contributed by atoms with Gasteiger partial charge in [-0.3, -0.25) is 0 Å². The summed E-state index contributed by atoms with van der Waals surface area (Å²) in [6.45, 7) is 26.9. The minimum Gasteiger partial charge on any atom is -0.0683 e. The second kappa shape index (κ2) is 14.1. The maximum absolute atomic E-state index is 2.59. The van der Waals surface area contributed by atoms with Gasteiger partial charge in [-0.25, -0.2) is 0 Å². The Bertz CT molecular complexity index is 290. The van der Waals surface area contributed by atoms with Gasteiger partial charge in [-0.1, -0.05) is 95.9 Å². The third kappa shape index (κ3) is 8.79. The van der Waals surface area contributed by atoms with Gasteiger partial charge in [-0.05, 0) is 73.0 Å². The largest absolute Gasteiger partial charge is 0.0683 e. The molecular weight excluding hydrogens is 312 g/mol. The average Bonchev–Trinajstić information content (AvgIpc) is 2.66. The highest BCUT2D eigenvalue weighted by Gasteiger charge is 2.41. The molecule has 0 unspecified atom stereocenters. The van der Waals surface area contributed by atoms with Gasteiger partial charge in [0.05, 0.1) is 0 Å². The summed E-state index contributed by atoms with van der Waals surface area (Å²) in [7, 11) is 0. The molecule has 0 heteroatoms. The van der Waals surface area contributed by atoms with Gasteiger partial charge in [-0.2, -0.15) is 0 Å². The molecule has 0 saturated heterocycles. The van der Waals surface area contributed by atoms with Crippen molar-refractivity contribution in [3.8, 4) is 0 Å². The van der Waals surface area contributed by atoms with E-state index in [1.807, 2.05) is 41.5 Å². The van der Waals surface area contributed by atoms with E-state index in [9.17, 15) is 0 Å². The molecule has 2 saturated carbocycles. The summed E-state index contributed by atoms with van der Waals surface area (Å²) in [4.78, 5) is 0. The quantitative estimate of drug-likeness (QED) is 0.455. The smallest absolute Gasteiger partial charge is 0.0298 e. The molecule has 0 aromatic rings. The molecule has 0 heterocycles. The Labute approximate surface area is 169 Å². The van der Waals surface area contributed by atoms with Crippen molar-refractivity contribution in [2.75, 3.05) is 0 Å². The maximum Gasteiger partial charge on any atom is -0.0298 e. The lowest BCUT2D eigenvalue weighted by Gasteiger charge is -2.48. The van der Waals surface area contributed by atoms with Crippen molar-refractivity contribution in [2.24, 2.45) is 34.5 Å². The van der Waals surface area contributed by atoms with E-state index in [0.29, 0.717) is 10.8 Å². The highest BCUT2D eigenvalue weighted by molar-refractivity contribution is 4.91. The zero-order valence-corrected chi connectivity index (χ0v) is 21.0. The van der Waals surface area contributed by atoms with Crippen LogP contribution in [-0.4, -0.2) is 0 Å². The molecule has 0 amide bonds. The monoisotopic (exact) mass is 368 g/mol. The van der Waals surface area contributed by atoms with Gasteiger partial charge in [0.1, 0.15) is 0 Å². The number of rotatable bonds is 2. The summed E-state index contributed by atoms with van der Waals surface area (Å²) in [6.07, 6.45) is 11.9. The molecule has 0 atom stereocenters. The van der Waals surface area contributed by atoms with Gasteiger partial charge in [0.25, 0.3) is 0 Å². The van der Waals surface area contributed by atoms with E-state index < -0.39 is 0 Å². The van der Waals surface area contributed by atoms with Crippen LogP contribution in [-0.2, 0) is 0 Å². The Hall–Kier alpha value is 0. The lowest BCUT2D eigenvalue weighted by atomic mass is 9.58. The van der Waals surface area contributed by atoms with Gasteiger partial charge in [0, 0.05) is 0 Å². The SMILES string of the molecule is CC.CC.CC.CC1CCC(C(C)(C)C2CCC(C(C)(C)C)CC2)CC1. The van der Waals surface area contributed by atoms with Gasteiger partial charge >= 0.3 is 0 Å². The zero-order chi connectivity index (χ0) is 21.0. The van der Waals surface area contributed by atoms with Crippen LogP contribution in [0.5, 0.6) is 0 Å². The van der Waals surface area contributed by atoms with E-state index in [-0.39, 0.29) is 0 Å². The van der Waals surface area contributed by atoms with Gasteiger partial charge in [-0.15, -0.1) is 0 Å². The molecule has 2 aliphatic rings. The minimum absolute atomic E-state index is 0.523. The van der Waals surface area contributed by atoms with Crippen LogP contribution in [0.2, 0.25) is 0 Å². The van der Waals surface area contributed by atoms with Crippen LogP contribution < -0.4 is 0 Å². The third-order valence-corrected chi connectivity index (χ3v) is 7.07. The molecular formula is C26H56. The van der Waals surface area contributed by atoms with Crippen molar-refractivity contribution in [1.82, 2.24) is 0 Å². The Kier molecular flexibility index (Phi) is 15.3. The summed E-state index contributed by atoms with van der Waals surface area (Å²) in [6, 6.07) is 0. The van der Waals surface area contributed by atoms with Gasteiger partial charge in [0.2, 0.25) is 0 Å². The topological polar surface area (TPSA) is 0 Å². The van der Waals surface area contributed by atoms with Crippen LogP contribution in [0.15, 0.2) is 0 Å². The van der Waals surface area contributed by atoms with Gasteiger partial charge < -0.3 is 0 Å². The van der Waals surface area contributed by atoms with Crippen molar-refractivity contribution in [1.29, 1.82) is 0 Å². The summed E-state index contributed by atoms with van der Waals surface area (Å²) in [5, 5.41) is 0. The Morgan fingerprint density at radius 2 is 0.731 bits per heavy atom. The van der Waals surface area contributed by atoms with E-state index in [1.54, 1.807) is 0 Å². The zero-order valence-electron chi connectivity index (χ0n) is 21.0. The maximum atomic E-state index is 2.59. The Balaban J connectivity index is 0. The minimum atomic E-state index is 0.523. The van der Waals surface area contributed by atoms with E-state index in [0.717, 1.165) is 23.7 Å². The highest BCUT2D eigenvalue weighted by Crippen LogP contribution is 2.51. The molecule has 0 aromatic carbocycles. The Morgan fingerprint density at radius 1 is 0.462 bits per heavy atom. The van der Waals surface area contributed by atoms with Crippen LogP contribution in [0, 0.1) is 34.5 Å². The molecule has 26 heavy (non-hydrogen) atoms. The number of hydrogen-bond acceptors (Lipinski definition) is 0. The van der Waals surface area contributed by atoms with Crippen molar-refractivity contribution < 1.29 is 0 Å². The molecule has 0 bridgehead atoms. The normalized spacial score (nSPS) is 29.1. The molecule has 0 nitrogen and oxygen atoms in total. The molecule has 160 valence electrons. The average molecular weight is 369 g/mol. The molecule has 0 N–H and O–H groups in total. The van der Waals surface area contributed by atoms with Gasteiger partial charge in [0.15, 0.2) is 0 Å². The predicted molar refractivity (Wildman–Crippen MR) is 124 cm³/mol. The fourth-order valence-corrected chi connectivity index (χ4v) is 5.04. The van der Waals surface area contributed by atoms with E-state index in [4.69, 9.17) is 0 Å². The molecule has 2 aliphatic carbocycles. The standard InChI is InChI=1S/C20H38.3C2H6/c1-15-7-9-17(10-8-15)20(5,6)18-13-11-16(12-14-18)19(2,3)4;3*1-2/h15-18H,7-14H2,1-6H3;3*1-2H3. The predicted octanol–water partition coefficient (Wildman–Crippen LogP) is 9.77. The summed E-state index contributed by atoms with van der Waals surface area (Å²) in [5.41, 5.74) is 1.11. The van der Waals surface area contributed by atoms with E-state index in [2.05, 4.69) is 41.5 Å². The van der Waals surface area contributed by atoms with Crippen LogP contribution >= 0.6 is 0 Å². The summed E-state index contributed by atoms with van der Waals surface area (Å²) < 4.78 is 0. The van der Waals surface area contributed by atoms with Crippen molar-refractivity contribution >= 4 is 0 Å². The summed E-state index contributed by atoms with van der Waals surface area (Å²) in [5.74, 6) is 3.92. The third-order valence-electron chi connectivity index (χ3n) is 7.07. The molecule has 2 rings (SSSR count). The first-order valence-corrected chi connectivity index (χ1v) is 12.2. The second-order valence-electron chi connectivity index (χ2n) is 9.69. The van der Waals surface area contributed by atoms with Crippen molar-refractivity contribution in [3.63, 3.8) is 0 Å². The van der Waals surface area contributed by atoms with Crippen molar-refractivity contribution in [3.05, 3.63) is 0 Å². The van der Waals surface area contributed by atoms with Crippen LogP contribution in [0.4, 0.5) is 0 Å². The Morgan fingerprint density at radius 3 is 1.04 bits per heavy atom. The molecule has 0 radical (unpaired) electrons. The first kappa shape index (κ1) is 28.2. The van der Waals surface area contributed by atoms with Crippen molar-refractivity contribution in [2.45, 2.75) is 134 Å². The van der Waals surface area contributed by atoms with E-state index >= 15 is 0 Å². The molecule has 0 spiro atoms. The van der Waals surface area contributed by atoms with Crippen LogP contribution in [0.3, 0.4) is 0 Å². The second-order valence-corrected chi connectivity index (χ2v) is 9.69. The number of hydrogen-bond donors (Lipinski definition) is 0. The molecule has 0 aromatic heterocycles. The highest BCUT2D eigenvalue weighted by atomic mass is 14.5. The summed E-state index contributed by atoms with van der Waals surface area (Å²) >= 11 is 0. The molecule has 0 aliphatic heterocycles. The molecule has 2 fully saturated rings. The fraction of sp³-hybridized carbons (Fsp3) is 1.00. The van der Waals surface area contributed by atoms with Crippen LogP contribution in [0.25, 0.3) is 0 Å². The lowest BCUT2D eigenvalue weighted by Crippen LogP contribution is -2.38. The fourth-order valence-electron chi connectivity index (χ4n) is 5.04.